The van der Waals surface area contributed by atoms with E-state index in [1.54, 1.807) is 0 Å². The van der Waals surface area contributed by atoms with Gasteiger partial charge in [-0.05, 0) is 0 Å². The molecule has 0 spiro atoms. The van der Waals surface area contributed by atoms with Gasteiger partial charge in [-0.2, -0.15) is 0 Å². The van der Waals surface area contributed by atoms with Gasteiger partial charge < -0.3 is 0 Å². The van der Waals surface area contributed by atoms with Gasteiger partial charge in [0, 0.05) is 0 Å². The van der Waals surface area contributed by atoms with Crippen LogP contribution in [0.25, 0.3) is 0 Å². The number of rotatable bonds is 2. The topological polar surface area (TPSA) is 0 Å². The number of allylic oxidation sites excluding steroid dienone is 8. The molecule has 0 aromatic carbocycles. The molecule has 2 aliphatic carbocycles. The summed E-state index contributed by atoms with van der Waals surface area (Å²) < 4.78 is 2.58. The maximum atomic E-state index is 7.18. The number of halogens is 1. The third-order valence-corrected chi connectivity index (χ3v) is 20.8. The quantitative estimate of drug-likeness (QED) is 0.607. The first kappa shape index (κ1) is 13.6. The van der Waals surface area contributed by atoms with Gasteiger partial charge in [0.25, 0.3) is 0 Å². The third-order valence-electron chi connectivity index (χ3n) is 4.46. The van der Waals surface area contributed by atoms with Gasteiger partial charge in [-0.15, -0.1) is 0 Å². The van der Waals surface area contributed by atoms with Crippen LogP contribution in [0.5, 0.6) is 0 Å². The Labute approximate surface area is 113 Å². The van der Waals surface area contributed by atoms with E-state index in [-0.39, 0.29) is 6.25 Å². The van der Waals surface area contributed by atoms with Crippen molar-refractivity contribution in [2.75, 3.05) is 0 Å². The van der Waals surface area contributed by atoms with Gasteiger partial charge in [0.15, 0.2) is 0 Å². The summed E-state index contributed by atoms with van der Waals surface area (Å²) in [5, 5.41) is 0. The molecular formula is C15H21ClZr. The van der Waals surface area contributed by atoms with Gasteiger partial charge in [-0.1, -0.05) is 0 Å². The van der Waals surface area contributed by atoms with Crippen molar-refractivity contribution in [3.63, 3.8) is 0 Å². The molecule has 2 atom stereocenters. The summed E-state index contributed by atoms with van der Waals surface area (Å²) in [6.45, 7) is 8.94. The summed E-state index contributed by atoms with van der Waals surface area (Å²) in [5.41, 5.74) is 2.70. The summed E-state index contributed by atoms with van der Waals surface area (Å²) in [7, 11) is 7.18. The van der Waals surface area contributed by atoms with Crippen molar-refractivity contribution in [2.45, 2.75) is 38.6 Å². The molecule has 0 fully saturated rings. The Hall–Kier alpha value is 0.133. The van der Waals surface area contributed by atoms with E-state index in [0.29, 0.717) is 0 Å². The monoisotopic (exact) mass is 326 g/mol. The predicted octanol–water partition coefficient (Wildman–Crippen LogP) is 5.73. The fourth-order valence-electron chi connectivity index (χ4n) is 2.91. The Bertz CT molecular complexity index is 425. The molecule has 0 saturated heterocycles. The standard InChI is InChI=1S/2C7H9.CH3.ClH.Zr/c2*1-6-3-4-7(2)5-6;;;/h2*3-5H,1-2H3;1H3;1H;/q;;;;+1/p-1. The Morgan fingerprint density at radius 1 is 0.941 bits per heavy atom. The van der Waals surface area contributed by atoms with Crippen LogP contribution in [-0.2, 0) is 19.1 Å². The average molecular weight is 328 g/mol. The third kappa shape index (κ3) is 2.00. The van der Waals surface area contributed by atoms with E-state index in [1.165, 1.54) is 11.1 Å². The maximum absolute atomic E-state index is 7.18. The van der Waals surface area contributed by atoms with Crippen LogP contribution >= 0.6 is 8.51 Å². The van der Waals surface area contributed by atoms with E-state index >= 15 is 0 Å². The van der Waals surface area contributed by atoms with Crippen LogP contribution in [0, 0.1) is 0 Å². The van der Waals surface area contributed by atoms with E-state index in [2.05, 4.69) is 68.8 Å². The molecule has 0 N–H and O–H groups in total. The molecule has 0 aromatic heterocycles. The molecule has 0 radical (unpaired) electrons. The Kier molecular flexibility index (Phi) is 3.25. The predicted molar refractivity (Wildman–Crippen MR) is 74.2 cm³/mol. The van der Waals surface area contributed by atoms with Crippen LogP contribution in [-0.4, -0.2) is 0 Å². The Morgan fingerprint density at radius 2 is 1.29 bits per heavy atom. The van der Waals surface area contributed by atoms with E-state index in [0.717, 1.165) is 0 Å². The van der Waals surface area contributed by atoms with Crippen molar-refractivity contribution < 1.29 is 19.1 Å². The molecular weight excluding hydrogens is 307 g/mol. The van der Waals surface area contributed by atoms with Crippen LogP contribution in [0.3, 0.4) is 0 Å². The van der Waals surface area contributed by atoms with Crippen molar-refractivity contribution in [2.24, 2.45) is 0 Å². The first-order chi connectivity index (χ1) is 7.70. The first-order valence-corrected chi connectivity index (χ1v) is 14.2. The van der Waals surface area contributed by atoms with Crippen molar-refractivity contribution in [1.29, 1.82) is 0 Å². The van der Waals surface area contributed by atoms with E-state index in [4.69, 9.17) is 8.51 Å². The molecule has 2 heteroatoms. The van der Waals surface area contributed by atoms with Gasteiger partial charge in [0.2, 0.25) is 0 Å². The number of hydrogen-bond donors (Lipinski definition) is 0. The van der Waals surface area contributed by atoms with Gasteiger partial charge in [0.05, 0.1) is 0 Å². The summed E-state index contributed by atoms with van der Waals surface area (Å²) in [6.07, 6.45) is 13.8. The van der Waals surface area contributed by atoms with Crippen molar-refractivity contribution in [3.8, 4) is 0 Å². The zero-order chi connectivity index (χ0) is 12.9. The molecule has 2 unspecified atom stereocenters. The summed E-state index contributed by atoms with van der Waals surface area (Å²) in [6, 6.07) is 0. The fourth-order valence-corrected chi connectivity index (χ4v) is 11.6. The SMILES string of the molecule is CC1=C[C](C)([Zr]([CH3])([Cl])[C]2(C)C=CC(C)=C2)C=C1. The summed E-state index contributed by atoms with van der Waals surface area (Å²) >= 11 is -2.88. The molecule has 0 heterocycles. The zero-order valence-corrected chi connectivity index (χ0v) is 14.6. The molecule has 0 aromatic rings. The number of hydrogen-bond acceptors (Lipinski definition) is 0. The van der Waals surface area contributed by atoms with Crippen LogP contribution in [0.2, 0.25) is 10.9 Å². The van der Waals surface area contributed by atoms with Gasteiger partial charge in [-0.3, -0.25) is 0 Å². The molecule has 2 rings (SSSR count). The average Bonchev–Trinajstić information content (AvgIpc) is 2.73. The van der Waals surface area contributed by atoms with Crippen LogP contribution in [0.1, 0.15) is 27.7 Å². The van der Waals surface area contributed by atoms with E-state index < -0.39 is 19.1 Å². The minimum absolute atomic E-state index is 0.112. The molecule has 0 saturated carbocycles. The van der Waals surface area contributed by atoms with Crippen molar-refractivity contribution in [3.05, 3.63) is 47.6 Å². The molecule has 0 nitrogen and oxygen atoms in total. The molecule has 17 heavy (non-hydrogen) atoms. The Balaban J connectivity index is 2.45. The van der Waals surface area contributed by atoms with E-state index in [9.17, 15) is 0 Å². The molecule has 0 bridgehead atoms. The molecule has 2 aliphatic rings. The van der Waals surface area contributed by atoms with Crippen molar-refractivity contribution >= 4 is 8.51 Å². The van der Waals surface area contributed by atoms with Crippen LogP contribution in [0.4, 0.5) is 0 Å². The second-order valence-electron chi connectivity index (χ2n) is 6.01. The second kappa shape index (κ2) is 4.07. The molecule has 92 valence electrons. The summed E-state index contributed by atoms with van der Waals surface area (Å²) in [5.74, 6) is 0. The summed E-state index contributed by atoms with van der Waals surface area (Å²) in [4.78, 5) is 0. The van der Waals surface area contributed by atoms with Gasteiger partial charge >= 0.3 is 114 Å². The minimum atomic E-state index is -2.88. The fraction of sp³-hybridized carbons (Fsp3) is 0.467. The van der Waals surface area contributed by atoms with E-state index in [1.807, 2.05) is 0 Å². The zero-order valence-electron chi connectivity index (χ0n) is 11.3. The van der Waals surface area contributed by atoms with Crippen molar-refractivity contribution in [1.82, 2.24) is 0 Å². The normalized spacial score (nSPS) is 39.2. The Morgan fingerprint density at radius 3 is 1.53 bits per heavy atom. The van der Waals surface area contributed by atoms with Gasteiger partial charge in [-0.25, -0.2) is 0 Å². The van der Waals surface area contributed by atoms with Crippen LogP contribution < -0.4 is 0 Å². The van der Waals surface area contributed by atoms with Gasteiger partial charge in [0.1, 0.15) is 0 Å². The first-order valence-electron chi connectivity index (χ1n) is 6.17. The van der Waals surface area contributed by atoms with Crippen LogP contribution in [0.15, 0.2) is 47.6 Å². The second-order valence-corrected chi connectivity index (χ2v) is 20.7. The molecule has 0 amide bonds. The molecule has 0 aliphatic heterocycles.